The largest absolute Gasteiger partial charge is 0.325 e. The van der Waals surface area contributed by atoms with Gasteiger partial charge in [-0.3, -0.25) is 4.79 Å². The van der Waals surface area contributed by atoms with Crippen molar-refractivity contribution in [3.05, 3.63) is 54.2 Å². The van der Waals surface area contributed by atoms with E-state index in [1.807, 2.05) is 60.0 Å². The van der Waals surface area contributed by atoms with Crippen LogP contribution in [-0.2, 0) is 11.3 Å². The van der Waals surface area contributed by atoms with E-state index in [0.717, 1.165) is 47.4 Å². The fraction of sp³-hybridized carbons (Fsp3) is 0.333. The minimum Gasteiger partial charge on any atom is -0.325 e. The van der Waals surface area contributed by atoms with Crippen LogP contribution in [0.2, 0.25) is 0 Å². The molecule has 1 atom stereocenters. The molecule has 2 heterocycles. The number of aryl methyl sites for hydroxylation is 1. The van der Waals surface area contributed by atoms with Gasteiger partial charge in [-0.05, 0) is 56.9 Å². The second-order valence-electron chi connectivity index (χ2n) is 6.95. The van der Waals surface area contributed by atoms with Crippen LogP contribution in [0.5, 0.6) is 0 Å². The van der Waals surface area contributed by atoms with Crippen molar-refractivity contribution in [2.75, 3.05) is 5.32 Å². The van der Waals surface area contributed by atoms with E-state index in [0.29, 0.717) is 5.92 Å². The topological polar surface area (TPSA) is 72.7 Å². The van der Waals surface area contributed by atoms with Gasteiger partial charge in [-0.2, -0.15) is 0 Å². The second kappa shape index (κ2) is 8.14. The maximum atomic E-state index is 12.9. The van der Waals surface area contributed by atoms with E-state index in [1.165, 1.54) is 11.8 Å². The number of hydrogen-bond donors (Lipinski definition) is 1. The van der Waals surface area contributed by atoms with Gasteiger partial charge in [0.05, 0.1) is 5.25 Å². The van der Waals surface area contributed by atoms with Crippen molar-refractivity contribution >= 4 is 23.4 Å². The maximum absolute atomic E-state index is 12.9. The number of aromatic nitrogens is 4. The van der Waals surface area contributed by atoms with Crippen LogP contribution in [0.1, 0.15) is 25.5 Å². The molecule has 1 amide bonds. The van der Waals surface area contributed by atoms with Crippen LogP contribution in [0.3, 0.4) is 0 Å². The van der Waals surface area contributed by atoms with Crippen LogP contribution in [0.4, 0.5) is 5.69 Å². The molecule has 6 nitrogen and oxygen atoms in total. The zero-order valence-corrected chi connectivity index (χ0v) is 16.8. The smallest absolute Gasteiger partial charge is 0.238 e. The van der Waals surface area contributed by atoms with E-state index in [2.05, 4.69) is 27.4 Å². The predicted octanol–water partition coefficient (Wildman–Crippen LogP) is 4.18. The van der Waals surface area contributed by atoms with E-state index in [1.54, 1.807) is 0 Å². The first-order chi connectivity index (χ1) is 13.7. The molecule has 0 saturated heterocycles. The average Bonchev–Trinajstić information content (AvgIpc) is 3.46. The van der Waals surface area contributed by atoms with Crippen molar-refractivity contribution in [1.29, 1.82) is 0 Å². The highest BCUT2D eigenvalue weighted by Crippen LogP contribution is 2.42. The number of anilines is 1. The lowest BCUT2D eigenvalue weighted by molar-refractivity contribution is -0.116. The molecule has 28 heavy (non-hydrogen) atoms. The van der Waals surface area contributed by atoms with Gasteiger partial charge in [0.25, 0.3) is 0 Å². The summed E-state index contributed by atoms with van der Waals surface area (Å²) in [6.07, 6.45) is 2.15. The third-order valence-electron chi connectivity index (χ3n) is 4.73. The van der Waals surface area contributed by atoms with Crippen LogP contribution in [0.15, 0.2) is 53.7 Å². The van der Waals surface area contributed by atoms with Crippen LogP contribution in [0, 0.1) is 12.8 Å². The van der Waals surface area contributed by atoms with Crippen LogP contribution in [-0.4, -0.2) is 30.9 Å². The van der Waals surface area contributed by atoms with Gasteiger partial charge in [0.15, 0.2) is 11.0 Å². The minimum atomic E-state index is -0.173. The van der Waals surface area contributed by atoms with Gasteiger partial charge in [0, 0.05) is 17.9 Å². The number of benzene rings is 1. The summed E-state index contributed by atoms with van der Waals surface area (Å²) in [4.78, 5) is 17.5. The molecule has 0 spiro atoms. The first-order valence-electron chi connectivity index (χ1n) is 9.55. The number of nitrogens with zero attached hydrogens (tertiary/aromatic N) is 4. The first-order valence-corrected chi connectivity index (χ1v) is 10.4. The zero-order chi connectivity index (χ0) is 19.5. The van der Waals surface area contributed by atoms with E-state index >= 15 is 0 Å². The Morgan fingerprint density at radius 1 is 1.18 bits per heavy atom. The molecule has 3 aromatic rings. The fourth-order valence-corrected chi connectivity index (χ4v) is 4.42. The van der Waals surface area contributed by atoms with Crippen molar-refractivity contribution in [1.82, 2.24) is 19.7 Å². The molecule has 1 fully saturated rings. The summed E-state index contributed by atoms with van der Waals surface area (Å²) in [6.45, 7) is 4.74. The molecule has 1 unspecified atom stereocenters. The molecule has 0 aliphatic heterocycles. The number of pyridine rings is 1. The van der Waals surface area contributed by atoms with Crippen molar-refractivity contribution < 1.29 is 4.79 Å². The van der Waals surface area contributed by atoms with Crippen molar-refractivity contribution in [3.8, 4) is 11.5 Å². The molecule has 0 radical (unpaired) electrons. The van der Waals surface area contributed by atoms with E-state index in [-0.39, 0.29) is 11.2 Å². The van der Waals surface area contributed by atoms with Crippen molar-refractivity contribution in [2.24, 2.45) is 5.92 Å². The number of amides is 1. The maximum Gasteiger partial charge on any atom is 0.238 e. The molecule has 1 aliphatic carbocycles. The number of thioether (sulfide) groups is 1. The Bertz CT molecular complexity index is 968. The van der Waals surface area contributed by atoms with Gasteiger partial charge in [0.2, 0.25) is 5.91 Å². The highest BCUT2D eigenvalue weighted by molar-refractivity contribution is 8.00. The minimum absolute atomic E-state index is 0.0274. The lowest BCUT2D eigenvalue weighted by Crippen LogP contribution is -2.27. The van der Waals surface area contributed by atoms with Crippen LogP contribution < -0.4 is 5.32 Å². The Hall–Kier alpha value is -2.67. The SMILES string of the molecule is CCn1c(SC(C(=O)Nc2ccccc2)C2CC2)nnc1-c1cccc(C)n1. The molecule has 144 valence electrons. The van der Waals surface area contributed by atoms with Gasteiger partial charge < -0.3 is 9.88 Å². The third-order valence-corrected chi connectivity index (χ3v) is 6.10. The number of carbonyl (C=O) groups is 1. The number of nitrogens with one attached hydrogen (secondary N) is 1. The Morgan fingerprint density at radius 3 is 2.64 bits per heavy atom. The second-order valence-corrected chi connectivity index (χ2v) is 8.05. The van der Waals surface area contributed by atoms with Gasteiger partial charge in [-0.1, -0.05) is 36.0 Å². The van der Waals surface area contributed by atoms with E-state index < -0.39 is 0 Å². The summed E-state index contributed by atoms with van der Waals surface area (Å²) in [7, 11) is 0. The summed E-state index contributed by atoms with van der Waals surface area (Å²) in [5.41, 5.74) is 2.56. The van der Waals surface area contributed by atoms with Gasteiger partial charge in [-0.25, -0.2) is 4.98 Å². The number of carbonyl (C=O) groups excluding carboxylic acids is 1. The lowest BCUT2D eigenvalue weighted by Gasteiger charge is -2.16. The third kappa shape index (κ3) is 4.09. The number of rotatable bonds is 7. The Labute approximate surface area is 168 Å². The average molecular weight is 394 g/mol. The molecule has 1 aromatic carbocycles. The van der Waals surface area contributed by atoms with Crippen molar-refractivity contribution in [3.63, 3.8) is 0 Å². The van der Waals surface area contributed by atoms with Crippen LogP contribution in [0.25, 0.3) is 11.5 Å². The molecule has 0 bridgehead atoms. The summed E-state index contributed by atoms with van der Waals surface area (Å²) in [6, 6.07) is 15.5. The predicted molar refractivity (Wildman–Crippen MR) is 111 cm³/mol. The quantitative estimate of drug-likeness (QED) is 0.610. The molecular formula is C21H23N5OS. The monoisotopic (exact) mass is 393 g/mol. The molecule has 1 saturated carbocycles. The Kier molecular flexibility index (Phi) is 5.43. The van der Waals surface area contributed by atoms with Gasteiger partial charge in [0.1, 0.15) is 5.69 Å². The molecular weight excluding hydrogens is 370 g/mol. The van der Waals surface area contributed by atoms with E-state index in [9.17, 15) is 4.79 Å². The molecule has 7 heteroatoms. The number of para-hydroxylation sites is 1. The van der Waals surface area contributed by atoms with E-state index in [4.69, 9.17) is 0 Å². The highest BCUT2D eigenvalue weighted by Gasteiger charge is 2.38. The summed E-state index contributed by atoms with van der Waals surface area (Å²) < 4.78 is 2.04. The summed E-state index contributed by atoms with van der Waals surface area (Å²) in [5, 5.41) is 12.4. The number of hydrogen-bond acceptors (Lipinski definition) is 5. The molecule has 2 aromatic heterocycles. The molecule has 4 rings (SSSR count). The van der Waals surface area contributed by atoms with Crippen molar-refractivity contribution in [2.45, 2.75) is 43.6 Å². The Morgan fingerprint density at radius 2 is 1.96 bits per heavy atom. The lowest BCUT2D eigenvalue weighted by atomic mass is 10.2. The Balaban J connectivity index is 1.57. The normalized spacial score (nSPS) is 14.6. The van der Waals surface area contributed by atoms with Gasteiger partial charge in [-0.15, -0.1) is 10.2 Å². The highest BCUT2D eigenvalue weighted by atomic mass is 32.2. The van der Waals surface area contributed by atoms with Gasteiger partial charge >= 0.3 is 0 Å². The fourth-order valence-electron chi connectivity index (χ4n) is 3.13. The summed E-state index contributed by atoms with van der Waals surface area (Å²) in [5.74, 6) is 1.16. The zero-order valence-electron chi connectivity index (χ0n) is 16.0. The standard InChI is InChI=1S/C21H23N5OS/c1-3-26-19(17-11-7-8-14(2)22-17)24-25-21(26)28-18(15-12-13-15)20(27)23-16-9-5-4-6-10-16/h4-11,15,18H,3,12-13H2,1-2H3,(H,23,27). The van der Waals surface area contributed by atoms with Crippen LogP contribution >= 0.6 is 11.8 Å². The molecule has 1 N–H and O–H groups in total. The molecule has 1 aliphatic rings. The summed E-state index contributed by atoms with van der Waals surface area (Å²) >= 11 is 1.51. The first kappa shape index (κ1) is 18.7.